The van der Waals surface area contributed by atoms with E-state index in [9.17, 15) is 0 Å². The predicted molar refractivity (Wildman–Crippen MR) is 99.6 cm³/mol. The largest absolute Gasteiger partial charge is 0.205 e. The topological polar surface area (TPSA) is 43.6 Å². The van der Waals surface area contributed by atoms with Crippen molar-refractivity contribution in [2.45, 2.75) is 0 Å². The van der Waals surface area contributed by atoms with Gasteiger partial charge in [0, 0.05) is 10.9 Å². The summed E-state index contributed by atoms with van der Waals surface area (Å²) in [6, 6.07) is 28.7. The average molecular weight is 322 g/mol. The van der Waals surface area contributed by atoms with Gasteiger partial charge in [-0.1, -0.05) is 78.9 Å². The molecule has 5 rings (SSSR count). The number of benzene rings is 4. The van der Waals surface area contributed by atoms with E-state index in [0.29, 0.717) is 5.82 Å². The van der Waals surface area contributed by atoms with Gasteiger partial charge in [-0.05, 0) is 27.4 Å². The van der Waals surface area contributed by atoms with Crippen LogP contribution >= 0.6 is 0 Å². The number of hydrogen-bond acceptors (Lipinski definition) is 3. The number of rotatable bonds is 2. The van der Waals surface area contributed by atoms with Gasteiger partial charge in [-0.2, -0.15) is 0 Å². The standard InChI is InChI=1S/C21H14N4/c1-3-11-17-15(7-1)9-5-13-19(17)21-22-24-25(23-21)20-14-6-10-16-8-2-4-12-18(16)20/h1-14H. The molecule has 4 aromatic carbocycles. The highest BCUT2D eigenvalue weighted by atomic mass is 15.6. The second-order valence-electron chi connectivity index (χ2n) is 5.93. The van der Waals surface area contributed by atoms with Gasteiger partial charge >= 0.3 is 0 Å². The molecule has 1 heterocycles. The van der Waals surface area contributed by atoms with Crippen LogP contribution in [0.2, 0.25) is 0 Å². The number of hydrogen-bond donors (Lipinski definition) is 0. The van der Waals surface area contributed by atoms with E-state index in [4.69, 9.17) is 0 Å². The third-order valence-electron chi connectivity index (χ3n) is 4.43. The molecule has 0 aliphatic carbocycles. The highest BCUT2D eigenvalue weighted by molar-refractivity contribution is 5.95. The Bertz CT molecular complexity index is 1100. The van der Waals surface area contributed by atoms with Crippen molar-refractivity contribution in [2.24, 2.45) is 0 Å². The van der Waals surface area contributed by atoms with Crippen molar-refractivity contribution in [1.82, 2.24) is 20.2 Å². The van der Waals surface area contributed by atoms with Crippen molar-refractivity contribution in [2.75, 3.05) is 0 Å². The molecule has 0 aliphatic rings. The Kier molecular flexibility index (Phi) is 3.07. The molecule has 1 aromatic heterocycles. The van der Waals surface area contributed by atoms with Crippen molar-refractivity contribution < 1.29 is 0 Å². The first kappa shape index (κ1) is 13.9. The van der Waals surface area contributed by atoms with Crippen molar-refractivity contribution in [3.8, 4) is 17.1 Å². The van der Waals surface area contributed by atoms with Crippen molar-refractivity contribution in [3.63, 3.8) is 0 Å². The zero-order chi connectivity index (χ0) is 16.6. The first-order valence-corrected chi connectivity index (χ1v) is 8.16. The maximum absolute atomic E-state index is 4.65. The van der Waals surface area contributed by atoms with Gasteiger partial charge in [-0.15, -0.1) is 15.0 Å². The summed E-state index contributed by atoms with van der Waals surface area (Å²) >= 11 is 0. The number of tetrazole rings is 1. The van der Waals surface area contributed by atoms with Crippen LogP contribution in [0.15, 0.2) is 84.9 Å². The van der Waals surface area contributed by atoms with Crippen LogP contribution in [0, 0.1) is 0 Å². The van der Waals surface area contributed by atoms with Crippen LogP contribution in [0.3, 0.4) is 0 Å². The minimum absolute atomic E-state index is 0.629. The lowest BCUT2D eigenvalue weighted by atomic mass is 10.0. The fourth-order valence-electron chi connectivity index (χ4n) is 3.23. The summed E-state index contributed by atoms with van der Waals surface area (Å²) in [7, 11) is 0. The van der Waals surface area contributed by atoms with Gasteiger partial charge in [0.2, 0.25) is 5.82 Å². The maximum atomic E-state index is 4.65. The van der Waals surface area contributed by atoms with Crippen LogP contribution in [0.25, 0.3) is 38.6 Å². The fourth-order valence-corrected chi connectivity index (χ4v) is 3.23. The van der Waals surface area contributed by atoms with E-state index in [2.05, 4.69) is 51.8 Å². The van der Waals surface area contributed by atoms with Crippen LogP contribution in [0.5, 0.6) is 0 Å². The number of aromatic nitrogens is 4. The Morgan fingerprint density at radius 1 is 0.600 bits per heavy atom. The molecule has 118 valence electrons. The van der Waals surface area contributed by atoms with Crippen LogP contribution < -0.4 is 0 Å². The van der Waals surface area contributed by atoms with Gasteiger partial charge in [-0.25, -0.2) is 0 Å². The van der Waals surface area contributed by atoms with Crippen LogP contribution in [-0.2, 0) is 0 Å². The Balaban J connectivity index is 1.69. The Morgan fingerprint density at radius 2 is 1.24 bits per heavy atom. The molecule has 0 fully saturated rings. The molecule has 5 aromatic rings. The number of fused-ring (bicyclic) bond motifs is 2. The molecule has 0 N–H and O–H groups in total. The van der Waals surface area contributed by atoms with Crippen molar-refractivity contribution in [3.05, 3.63) is 84.9 Å². The van der Waals surface area contributed by atoms with E-state index in [1.807, 2.05) is 48.5 Å². The lowest BCUT2D eigenvalue weighted by molar-refractivity contribution is 0.725. The van der Waals surface area contributed by atoms with Gasteiger partial charge in [0.05, 0.1) is 5.69 Å². The summed E-state index contributed by atoms with van der Waals surface area (Å²) in [6.45, 7) is 0. The number of nitrogens with zero attached hydrogens (tertiary/aromatic N) is 4. The van der Waals surface area contributed by atoms with E-state index in [1.54, 1.807) is 4.80 Å². The fraction of sp³-hybridized carbons (Fsp3) is 0. The molecule has 0 radical (unpaired) electrons. The molecule has 0 spiro atoms. The Hall–Kier alpha value is -3.53. The normalized spacial score (nSPS) is 11.2. The van der Waals surface area contributed by atoms with Gasteiger partial charge in [-0.3, -0.25) is 0 Å². The Morgan fingerprint density at radius 3 is 2.08 bits per heavy atom. The molecular weight excluding hydrogens is 308 g/mol. The minimum atomic E-state index is 0.629. The molecule has 0 saturated heterocycles. The molecule has 4 nitrogen and oxygen atoms in total. The summed E-state index contributed by atoms with van der Waals surface area (Å²) in [5.74, 6) is 0.629. The SMILES string of the molecule is c1ccc2c(-c3nnn(-c4cccc5ccccc45)n3)cccc2c1. The summed E-state index contributed by atoms with van der Waals surface area (Å²) in [6.07, 6.45) is 0. The van der Waals surface area contributed by atoms with Crippen LogP contribution in [-0.4, -0.2) is 20.2 Å². The quantitative estimate of drug-likeness (QED) is 0.476. The molecule has 0 saturated carbocycles. The molecule has 25 heavy (non-hydrogen) atoms. The Labute approximate surface area is 144 Å². The van der Waals surface area contributed by atoms with E-state index in [-0.39, 0.29) is 0 Å². The summed E-state index contributed by atoms with van der Waals surface area (Å²) in [5, 5.41) is 17.8. The van der Waals surface area contributed by atoms with E-state index < -0.39 is 0 Å². The zero-order valence-electron chi connectivity index (χ0n) is 13.4. The van der Waals surface area contributed by atoms with Gasteiger partial charge < -0.3 is 0 Å². The first-order valence-electron chi connectivity index (χ1n) is 8.16. The van der Waals surface area contributed by atoms with Crippen LogP contribution in [0.4, 0.5) is 0 Å². The monoisotopic (exact) mass is 322 g/mol. The van der Waals surface area contributed by atoms with E-state index >= 15 is 0 Å². The molecule has 0 unspecified atom stereocenters. The lowest BCUT2D eigenvalue weighted by Gasteiger charge is -2.04. The second-order valence-corrected chi connectivity index (χ2v) is 5.93. The van der Waals surface area contributed by atoms with Crippen LogP contribution in [0.1, 0.15) is 0 Å². The molecule has 0 aliphatic heterocycles. The lowest BCUT2D eigenvalue weighted by Crippen LogP contribution is -1.99. The van der Waals surface area contributed by atoms with Crippen molar-refractivity contribution in [1.29, 1.82) is 0 Å². The highest BCUT2D eigenvalue weighted by Gasteiger charge is 2.11. The van der Waals surface area contributed by atoms with Gasteiger partial charge in [0.15, 0.2) is 0 Å². The molecule has 0 amide bonds. The molecular formula is C21H14N4. The third-order valence-corrected chi connectivity index (χ3v) is 4.43. The summed E-state index contributed by atoms with van der Waals surface area (Å²) < 4.78 is 0. The van der Waals surface area contributed by atoms with Crippen molar-refractivity contribution >= 4 is 21.5 Å². The summed E-state index contributed by atoms with van der Waals surface area (Å²) in [4.78, 5) is 1.61. The van der Waals surface area contributed by atoms with Gasteiger partial charge in [0.1, 0.15) is 0 Å². The third kappa shape index (κ3) is 2.27. The first-order chi connectivity index (χ1) is 12.4. The minimum Gasteiger partial charge on any atom is -0.130 e. The van der Waals surface area contributed by atoms with E-state index in [0.717, 1.165) is 27.4 Å². The molecule has 0 atom stereocenters. The maximum Gasteiger partial charge on any atom is 0.205 e. The zero-order valence-corrected chi connectivity index (χ0v) is 13.4. The highest BCUT2D eigenvalue weighted by Crippen LogP contribution is 2.26. The smallest absolute Gasteiger partial charge is 0.130 e. The van der Waals surface area contributed by atoms with E-state index in [1.165, 1.54) is 5.39 Å². The second kappa shape index (κ2) is 5.53. The molecule has 0 bridgehead atoms. The average Bonchev–Trinajstić information content (AvgIpc) is 3.17. The molecule has 4 heteroatoms. The predicted octanol–water partition coefficient (Wildman–Crippen LogP) is 4.64. The van der Waals surface area contributed by atoms with Gasteiger partial charge in [0.25, 0.3) is 0 Å². The summed E-state index contributed by atoms with van der Waals surface area (Å²) in [5.41, 5.74) is 1.92.